The van der Waals surface area contributed by atoms with Crippen LogP contribution in [0.15, 0.2) is 23.5 Å². The first-order valence-electron chi connectivity index (χ1n) is 5.64. The molecule has 3 N–H and O–H groups in total. The van der Waals surface area contributed by atoms with Gasteiger partial charge in [0.1, 0.15) is 5.69 Å². The molecule has 0 aliphatic heterocycles. The number of rotatable bonds is 6. The second kappa shape index (κ2) is 6.85. The maximum absolute atomic E-state index is 8.55. The molecule has 1 heterocycles. The van der Waals surface area contributed by atoms with E-state index in [2.05, 4.69) is 24.0 Å². The van der Waals surface area contributed by atoms with Crippen LogP contribution in [0.4, 0.5) is 0 Å². The first-order valence-corrected chi connectivity index (χ1v) is 5.64. The van der Waals surface area contributed by atoms with E-state index in [1.165, 1.54) is 0 Å². The summed E-state index contributed by atoms with van der Waals surface area (Å²) in [6, 6.07) is 3.61. The van der Waals surface area contributed by atoms with Crippen molar-refractivity contribution in [3.05, 3.63) is 29.6 Å². The van der Waals surface area contributed by atoms with Crippen molar-refractivity contribution in [3.8, 4) is 0 Å². The van der Waals surface area contributed by atoms with E-state index in [1.807, 2.05) is 6.07 Å². The summed E-state index contributed by atoms with van der Waals surface area (Å²) < 4.78 is 5.53. The number of pyridine rings is 1. The molecule has 17 heavy (non-hydrogen) atoms. The Balaban J connectivity index is 2.49. The summed E-state index contributed by atoms with van der Waals surface area (Å²) in [5.74, 6) is 0.647. The number of nitrogens with two attached hydrogens (primary N) is 1. The average Bonchev–Trinajstić information content (AvgIpc) is 2.34. The van der Waals surface area contributed by atoms with Gasteiger partial charge in [-0.3, -0.25) is 4.98 Å². The first-order chi connectivity index (χ1) is 8.13. The van der Waals surface area contributed by atoms with Crippen LogP contribution in [0, 0.1) is 5.92 Å². The fourth-order valence-corrected chi connectivity index (χ4v) is 1.26. The Kier molecular flexibility index (Phi) is 5.42. The Morgan fingerprint density at radius 3 is 3.00 bits per heavy atom. The molecule has 0 saturated heterocycles. The topological polar surface area (TPSA) is 80.7 Å². The summed E-state index contributed by atoms with van der Waals surface area (Å²) >= 11 is 0. The largest absolute Gasteiger partial charge is 0.409 e. The highest BCUT2D eigenvalue weighted by atomic mass is 16.5. The van der Waals surface area contributed by atoms with Gasteiger partial charge in [-0.05, 0) is 30.0 Å². The smallest absolute Gasteiger partial charge is 0.188 e. The summed E-state index contributed by atoms with van der Waals surface area (Å²) in [6.45, 7) is 5.57. The van der Waals surface area contributed by atoms with Gasteiger partial charge in [0, 0.05) is 12.8 Å². The second-order valence-corrected chi connectivity index (χ2v) is 4.27. The number of nitrogens with zero attached hydrogens (tertiary/aromatic N) is 2. The predicted octanol–water partition coefficient (Wildman–Crippen LogP) is 1.74. The van der Waals surface area contributed by atoms with Gasteiger partial charge >= 0.3 is 0 Å². The number of hydrogen-bond donors (Lipinski definition) is 2. The van der Waals surface area contributed by atoms with Crippen molar-refractivity contribution < 1.29 is 9.94 Å². The highest BCUT2D eigenvalue weighted by molar-refractivity contribution is 5.95. The van der Waals surface area contributed by atoms with E-state index >= 15 is 0 Å². The van der Waals surface area contributed by atoms with Crippen LogP contribution in [-0.2, 0) is 11.3 Å². The first kappa shape index (κ1) is 13.4. The van der Waals surface area contributed by atoms with Gasteiger partial charge in [0.15, 0.2) is 5.84 Å². The van der Waals surface area contributed by atoms with Crippen LogP contribution in [0.1, 0.15) is 31.5 Å². The number of amidine groups is 1. The summed E-state index contributed by atoms with van der Waals surface area (Å²) in [4.78, 5) is 4.00. The zero-order chi connectivity index (χ0) is 12.7. The third-order valence-electron chi connectivity index (χ3n) is 2.30. The molecule has 0 radical (unpaired) electrons. The molecule has 0 aliphatic carbocycles. The maximum atomic E-state index is 8.55. The monoisotopic (exact) mass is 237 g/mol. The van der Waals surface area contributed by atoms with Crippen molar-refractivity contribution in [1.82, 2.24) is 4.98 Å². The highest BCUT2D eigenvalue weighted by Crippen LogP contribution is 2.05. The molecule has 0 fully saturated rings. The van der Waals surface area contributed by atoms with Crippen LogP contribution < -0.4 is 5.73 Å². The standard InChI is InChI=1S/C12H19N3O2/c1-9(2)4-6-17-8-10-3-5-14-11(7-10)12(13)15-16/h3,5,7,9,16H,4,6,8H2,1-2H3,(H2,13,15). The van der Waals surface area contributed by atoms with Gasteiger partial charge in [-0.1, -0.05) is 19.0 Å². The second-order valence-electron chi connectivity index (χ2n) is 4.27. The molecule has 0 bridgehead atoms. The number of oxime groups is 1. The van der Waals surface area contributed by atoms with Crippen LogP contribution in [-0.4, -0.2) is 22.6 Å². The van der Waals surface area contributed by atoms with Crippen molar-refractivity contribution in [3.63, 3.8) is 0 Å². The summed E-state index contributed by atoms with van der Waals surface area (Å²) in [5, 5.41) is 11.5. The molecule has 0 aromatic carbocycles. The molecule has 1 aromatic rings. The lowest BCUT2D eigenvalue weighted by atomic mass is 10.1. The van der Waals surface area contributed by atoms with E-state index in [4.69, 9.17) is 15.7 Å². The Labute approximate surface area is 101 Å². The maximum Gasteiger partial charge on any atom is 0.188 e. The third kappa shape index (κ3) is 4.82. The molecule has 94 valence electrons. The van der Waals surface area contributed by atoms with Crippen molar-refractivity contribution in [2.45, 2.75) is 26.9 Å². The zero-order valence-electron chi connectivity index (χ0n) is 10.3. The Hall–Kier alpha value is -1.62. The van der Waals surface area contributed by atoms with E-state index in [1.54, 1.807) is 12.3 Å². The Morgan fingerprint density at radius 1 is 1.59 bits per heavy atom. The van der Waals surface area contributed by atoms with Gasteiger partial charge in [-0.15, -0.1) is 0 Å². The predicted molar refractivity (Wildman–Crippen MR) is 65.9 cm³/mol. The van der Waals surface area contributed by atoms with E-state index in [-0.39, 0.29) is 5.84 Å². The molecular weight excluding hydrogens is 218 g/mol. The highest BCUT2D eigenvalue weighted by Gasteiger charge is 2.02. The fourth-order valence-electron chi connectivity index (χ4n) is 1.26. The lowest BCUT2D eigenvalue weighted by molar-refractivity contribution is 0.110. The van der Waals surface area contributed by atoms with Crippen molar-refractivity contribution >= 4 is 5.84 Å². The molecule has 0 saturated carbocycles. The molecule has 0 unspecified atom stereocenters. The van der Waals surface area contributed by atoms with Crippen molar-refractivity contribution in [1.29, 1.82) is 0 Å². The van der Waals surface area contributed by atoms with Crippen molar-refractivity contribution in [2.75, 3.05) is 6.61 Å². The SMILES string of the molecule is CC(C)CCOCc1ccnc(C(N)=NO)c1. The van der Waals surface area contributed by atoms with E-state index < -0.39 is 0 Å². The molecule has 0 spiro atoms. The van der Waals surface area contributed by atoms with Gasteiger partial charge in [0.05, 0.1) is 6.61 Å². The molecule has 5 heteroatoms. The minimum atomic E-state index is 0.00836. The normalized spacial score (nSPS) is 12.1. The summed E-state index contributed by atoms with van der Waals surface area (Å²) in [7, 11) is 0. The summed E-state index contributed by atoms with van der Waals surface area (Å²) in [5.41, 5.74) is 6.87. The van der Waals surface area contributed by atoms with Gasteiger partial charge in [0.25, 0.3) is 0 Å². The molecule has 0 atom stereocenters. The molecule has 1 aromatic heterocycles. The van der Waals surface area contributed by atoms with E-state index in [0.717, 1.165) is 18.6 Å². The zero-order valence-corrected chi connectivity index (χ0v) is 10.3. The van der Waals surface area contributed by atoms with Crippen LogP contribution >= 0.6 is 0 Å². The lowest BCUT2D eigenvalue weighted by Crippen LogP contribution is -2.15. The van der Waals surface area contributed by atoms with Gasteiger partial charge in [-0.25, -0.2) is 0 Å². The summed E-state index contributed by atoms with van der Waals surface area (Å²) in [6.07, 6.45) is 2.66. The molecule has 5 nitrogen and oxygen atoms in total. The quantitative estimate of drug-likeness (QED) is 0.259. The van der Waals surface area contributed by atoms with Gasteiger partial charge in [-0.2, -0.15) is 0 Å². The molecule has 0 aliphatic rings. The lowest BCUT2D eigenvalue weighted by Gasteiger charge is -2.07. The van der Waals surface area contributed by atoms with Crippen LogP contribution in [0.5, 0.6) is 0 Å². The third-order valence-corrected chi connectivity index (χ3v) is 2.30. The number of hydrogen-bond acceptors (Lipinski definition) is 4. The molecule has 0 amide bonds. The minimum Gasteiger partial charge on any atom is -0.409 e. The Bertz CT molecular complexity index is 378. The minimum absolute atomic E-state index is 0.00836. The Morgan fingerprint density at radius 2 is 2.35 bits per heavy atom. The number of ether oxygens (including phenoxy) is 1. The fraction of sp³-hybridized carbons (Fsp3) is 0.500. The van der Waals surface area contributed by atoms with Gasteiger partial charge in [0.2, 0.25) is 0 Å². The molecule has 1 rings (SSSR count). The van der Waals surface area contributed by atoms with E-state index in [0.29, 0.717) is 18.2 Å². The average molecular weight is 237 g/mol. The number of aromatic nitrogens is 1. The van der Waals surface area contributed by atoms with Crippen molar-refractivity contribution in [2.24, 2.45) is 16.8 Å². The van der Waals surface area contributed by atoms with Crippen LogP contribution in [0.2, 0.25) is 0 Å². The molecular formula is C12H19N3O2. The van der Waals surface area contributed by atoms with Crippen LogP contribution in [0.25, 0.3) is 0 Å². The van der Waals surface area contributed by atoms with Crippen LogP contribution in [0.3, 0.4) is 0 Å². The van der Waals surface area contributed by atoms with E-state index in [9.17, 15) is 0 Å². The van der Waals surface area contributed by atoms with Gasteiger partial charge < -0.3 is 15.7 Å².